The van der Waals surface area contributed by atoms with E-state index in [-0.39, 0.29) is 16.5 Å². The lowest BCUT2D eigenvalue weighted by atomic mass is 10.1. The summed E-state index contributed by atoms with van der Waals surface area (Å²) in [5.41, 5.74) is -1.18. The molecular weight excluding hydrogens is 269 g/mol. The lowest BCUT2D eigenvalue weighted by Gasteiger charge is -2.18. The number of halogens is 2. The third kappa shape index (κ3) is 4.23. The average molecular weight is 282 g/mol. The van der Waals surface area contributed by atoms with E-state index in [4.69, 9.17) is 11.6 Å². The highest BCUT2D eigenvalue weighted by molar-refractivity contribution is 7.89. The van der Waals surface area contributed by atoms with Gasteiger partial charge in [0.2, 0.25) is 10.0 Å². The summed E-state index contributed by atoms with van der Waals surface area (Å²) in [4.78, 5) is -0.218. The van der Waals surface area contributed by atoms with Gasteiger partial charge in [-0.1, -0.05) is 11.6 Å². The number of rotatable bonds is 4. The quantitative estimate of drug-likeness (QED) is 0.879. The van der Waals surface area contributed by atoms with Crippen LogP contribution in [0.1, 0.15) is 13.8 Å². The van der Waals surface area contributed by atoms with Crippen LogP contribution in [0.15, 0.2) is 23.1 Å². The van der Waals surface area contributed by atoms with Crippen LogP contribution >= 0.6 is 11.6 Å². The third-order valence-corrected chi connectivity index (χ3v) is 3.76. The first-order valence-corrected chi connectivity index (χ1v) is 6.65. The number of sulfonamides is 1. The molecular formula is C10H13ClFNO3S. The number of nitrogens with one attached hydrogen (secondary N) is 1. The highest BCUT2D eigenvalue weighted by Gasteiger charge is 2.21. The van der Waals surface area contributed by atoms with Crippen LogP contribution in [0.5, 0.6) is 0 Å². The van der Waals surface area contributed by atoms with Crippen LogP contribution in [0.2, 0.25) is 5.02 Å². The summed E-state index contributed by atoms with van der Waals surface area (Å²) in [6, 6.07) is 3.00. The average Bonchev–Trinajstić information content (AvgIpc) is 2.13. The first kappa shape index (κ1) is 14.4. The van der Waals surface area contributed by atoms with E-state index in [9.17, 15) is 17.9 Å². The van der Waals surface area contributed by atoms with Gasteiger partial charge in [-0.05, 0) is 32.0 Å². The molecule has 0 amide bonds. The fraction of sp³-hybridized carbons (Fsp3) is 0.400. The Balaban J connectivity index is 2.98. The molecule has 1 aromatic rings. The Kier molecular flexibility index (Phi) is 4.14. The molecule has 1 rings (SSSR count). The summed E-state index contributed by atoms with van der Waals surface area (Å²) < 4.78 is 38.5. The molecule has 0 saturated carbocycles. The Morgan fingerprint density at radius 2 is 2.06 bits per heavy atom. The van der Waals surface area contributed by atoms with Gasteiger partial charge in [0.1, 0.15) is 10.7 Å². The van der Waals surface area contributed by atoms with E-state index in [2.05, 4.69) is 4.72 Å². The lowest BCUT2D eigenvalue weighted by molar-refractivity contribution is 0.0857. The van der Waals surface area contributed by atoms with Gasteiger partial charge in [0, 0.05) is 6.54 Å². The van der Waals surface area contributed by atoms with Gasteiger partial charge < -0.3 is 5.11 Å². The first-order chi connectivity index (χ1) is 7.62. The number of benzene rings is 1. The summed E-state index contributed by atoms with van der Waals surface area (Å²) in [5.74, 6) is -0.614. The summed E-state index contributed by atoms with van der Waals surface area (Å²) in [6.45, 7) is 2.76. The monoisotopic (exact) mass is 281 g/mol. The van der Waals surface area contributed by atoms with Crippen LogP contribution in [-0.4, -0.2) is 25.7 Å². The summed E-state index contributed by atoms with van der Waals surface area (Å²) in [7, 11) is -3.85. The van der Waals surface area contributed by atoms with E-state index in [1.54, 1.807) is 0 Å². The summed E-state index contributed by atoms with van der Waals surface area (Å²) in [5, 5.41) is 9.22. The standard InChI is InChI=1S/C10H13ClFNO3S/c1-10(2,14)6-13-17(15,16)9-4-3-7(12)5-8(9)11/h3-5,13-14H,6H2,1-2H3. The maximum atomic E-state index is 12.8. The van der Waals surface area contributed by atoms with Crippen molar-refractivity contribution >= 4 is 21.6 Å². The fourth-order valence-corrected chi connectivity index (χ4v) is 2.78. The van der Waals surface area contributed by atoms with Gasteiger partial charge in [0.15, 0.2) is 0 Å². The zero-order chi connectivity index (χ0) is 13.3. The molecule has 4 nitrogen and oxygen atoms in total. The van der Waals surface area contributed by atoms with Crippen LogP contribution < -0.4 is 4.72 Å². The highest BCUT2D eigenvalue weighted by atomic mass is 35.5. The van der Waals surface area contributed by atoms with Gasteiger partial charge in [-0.25, -0.2) is 17.5 Å². The second-order valence-corrected chi connectivity index (χ2v) is 6.35. The van der Waals surface area contributed by atoms with Gasteiger partial charge in [-0.2, -0.15) is 0 Å². The van der Waals surface area contributed by atoms with Crippen molar-refractivity contribution in [2.45, 2.75) is 24.3 Å². The molecule has 0 bridgehead atoms. The SMILES string of the molecule is CC(C)(O)CNS(=O)(=O)c1ccc(F)cc1Cl. The van der Waals surface area contributed by atoms with Gasteiger partial charge >= 0.3 is 0 Å². The van der Waals surface area contributed by atoms with Gasteiger partial charge in [-0.3, -0.25) is 0 Å². The largest absolute Gasteiger partial charge is 0.389 e. The number of hydrogen-bond acceptors (Lipinski definition) is 3. The molecule has 1 aromatic carbocycles. The zero-order valence-corrected chi connectivity index (χ0v) is 10.9. The highest BCUT2D eigenvalue weighted by Crippen LogP contribution is 2.22. The van der Waals surface area contributed by atoms with E-state index in [1.807, 2.05) is 0 Å². The van der Waals surface area contributed by atoms with E-state index in [0.29, 0.717) is 0 Å². The Bertz CT molecular complexity index is 511. The molecule has 0 aliphatic heterocycles. The van der Waals surface area contributed by atoms with Crippen LogP contribution in [0.25, 0.3) is 0 Å². The molecule has 0 heterocycles. The van der Waals surface area contributed by atoms with Crippen molar-refractivity contribution in [2.75, 3.05) is 6.54 Å². The number of hydrogen-bond donors (Lipinski definition) is 2. The minimum atomic E-state index is -3.85. The summed E-state index contributed by atoms with van der Waals surface area (Å²) in [6.07, 6.45) is 0. The van der Waals surface area contributed by atoms with E-state index in [1.165, 1.54) is 13.8 Å². The Hall–Kier alpha value is -0.690. The Morgan fingerprint density at radius 1 is 1.47 bits per heavy atom. The molecule has 0 fully saturated rings. The molecule has 2 N–H and O–H groups in total. The normalized spacial score (nSPS) is 12.8. The molecule has 0 unspecified atom stereocenters. The molecule has 96 valence electrons. The maximum absolute atomic E-state index is 12.8. The molecule has 17 heavy (non-hydrogen) atoms. The van der Waals surface area contributed by atoms with Crippen LogP contribution in [-0.2, 0) is 10.0 Å². The smallest absolute Gasteiger partial charge is 0.242 e. The van der Waals surface area contributed by atoms with Crippen LogP contribution in [0, 0.1) is 5.82 Å². The lowest BCUT2D eigenvalue weighted by Crippen LogP contribution is -2.38. The molecule has 0 saturated heterocycles. The fourth-order valence-electron chi connectivity index (χ4n) is 1.04. The van der Waals surface area contributed by atoms with E-state index < -0.39 is 21.4 Å². The van der Waals surface area contributed by atoms with Gasteiger partial charge in [-0.15, -0.1) is 0 Å². The van der Waals surface area contributed by atoms with E-state index in [0.717, 1.165) is 18.2 Å². The van der Waals surface area contributed by atoms with Crippen molar-refractivity contribution < 1.29 is 17.9 Å². The molecule has 0 atom stereocenters. The van der Waals surface area contributed by atoms with Crippen LogP contribution in [0.3, 0.4) is 0 Å². The number of aliphatic hydroxyl groups is 1. The molecule has 0 aromatic heterocycles. The van der Waals surface area contributed by atoms with Crippen molar-refractivity contribution in [1.82, 2.24) is 4.72 Å². The zero-order valence-electron chi connectivity index (χ0n) is 9.37. The van der Waals surface area contributed by atoms with Crippen molar-refractivity contribution in [1.29, 1.82) is 0 Å². The van der Waals surface area contributed by atoms with Gasteiger partial charge in [0.25, 0.3) is 0 Å². The van der Waals surface area contributed by atoms with Crippen molar-refractivity contribution in [3.8, 4) is 0 Å². The van der Waals surface area contributed by atoms with Crippen molar-refractivity contribution in [3.05, 3.63) is 29.0 Å². The molecule has 0 aliphatic rings. The molecule has 0 radical (unpaired) electrons. The van der Waals surface area contributed by atoms with Gasteiger partial charge in [0.05, 0.1) is 10.6 Å². The van der Waals surface area contributed by atoms with Crippen LogP contribution in [0.4, 0.5) is 4.39 Å². The predicted octanol–water partition coefficient (Wildman–Crippen LogP) is 1.53. The predicted molar refractivity (Wildman–Crippen MR) is 62.9 cm³/mol. The van der Waals surface area contributed by atoms with Crippen molar-refractivity contribution in [3.63, 3.8) is 0 Å². The van der Waals surface area contributed by atoms with E-state index >= 15 is 0 Å². The molecule has 0 spiro atoms. The minimum Gasteiger partial charge on any atom is -0.389 e. The van der Waals surface area contributed by atoms with Crippen molar-refractivity contribution in [2.24, 2.45) is 0 Å². The molecule has 7 heteroatoms. The topological polar surface area (TPSA) is 66.4 Å². The minimum absolute atomic E-state index is 0.164. The first-order valence-electron chi connectivity index (χ1n) is 4.79. The Labute approximate surface area is 104 Å². The Morgan fingerprint density at radius 3 is 2.53 bits per heavy atom. The second kappa shape index (κ2) is 4.89. The molecule has 0 aliphatic carbocycles. The second-order valence-electron chi connectivity index (χ2n) is 4.21. The third-order valence-electron chi connectivity index (χ3n) is 1.88. The maximum Gasteiger partial charge on any atom is 0.242 e. The summed E-state index contributed by atoms with van der Waals surface area (Å²) >= 11 is 5.64.